The lowest BCUT2D eigenvalue weighted by Crippen LogP contribution is -2.21. The molecule has 0 saturated heterocycles. The number of ether oxygens (including phenoxy) is 1. The molecule has 1 aromatic heterocycles. The Hall–Kier alpha value is -2.98. The molecular formula is C18H16N2O4S. The number of carbonyl (C=O) groups is 3. The van der Waals surface area contributed by atoms with Gasteiger partial charge in [0.2, 0.25) is 0 Å². The number of carbonyl (C=O) groups excluding carboxylic acids is 3. The van der Waals surface area contributed by atoms with Gasteiger partial charge in [0.1, 0.15) is 6.07 Å². The molecule has 0 bridgehead atoms. The number of hydrogen-bond donors (Lipinski definition) is 1. The second-order valence-electron chi connectivity index (χ2n) is 5.20. The first-order valence-corrected chi connectivity index (χ1v) is 8.35. The SMILES string of the molecule is Cc1ccc(C(=O)CCC(=O)OCC(=O)Nc2ccccc2C#N)s1. The minimum absolute atomic E-state index is 0.0394. The van der Waals surface area contributed by atoms with E-state index >= 15 is 0 Å². The van der Waals surface area contributed by atoms with Crippen molar-refractivity contribution in [3.05, 3.63) is 51.7 Å². The number of aryl methyl sites for hydroxylation is 1. The third-order valence-electron chi connectivity index (χ3n) is 3.26. The van der Waals surface area contributed by atoms with Crippen LogP contribution < -0.4 is 5.32 Å². The van der Waals surface area contributed by atoms with Crippen molar-refractivity contribution in [2.24, 2.45) is 0 Å². The molecule has 0 radical (unpaired) electrons. The fourth-order valence-electron chi connectivity index (χ4n) is 2.02. The van der Waals surface area contributed by atoms with Gasteiger partial charge in [0.15, 0.2) is 12.4 Å². The number of thiophene rings is 1. The number of ketones is 1. The van der Waals surface area contributed by atoms with Gasteiger partial charge < -0.3 is 10.1 Å². The number of rotatable bonds is 7. The van der Waals surface area contributed by atoms with Crippen molar-refractivity contribution in [3.63, 3.8) is 0 Å². The first kappa shape index (κ1) is 18.4. The van der Waals surface area contributed by atoms with Gasteiger partial charge in [0.25, 0.3) is 5.91 Å². The molecule has 1 heterocycles. The lowest BCUT2D eigenvalue weighted by atomic mass is 10.2. The highest BCUT2D eigenvalue weighted by molar-refractivity contribution is 7.14. The molecule has 6 nitrogen and oxygen atoms in total. The van der Waals surface area contributed by atoms with Gasteiger partial charge in [-0.1, -0.05) is 12.1 Å². The van der Waals surface area contributed by atoms with Crippen LogP contribution in [0.2, 0.25) is 0 Å². The fourth-order valence-corrected chi connectivity index (χ4v) is 2.85. The molecule has 2 rings (SSSR count). The van der Waals surface area contributed by atoms with Crippen LogP contribution in [0.3, 0.4) is 0 Å². The zero-order valence-electron chi connectivity index (χ0n) is 13.6. The molecule has 25 heavy (non-hydrogen) atoms. The minimum Gasteiger partial charge on any atom is -0.456 e. The smallest absolute Gasteiger partial charge is 0.306 e. The highest BCUT2D eigenvalue weighted by Crippen LogP contribution is 2.17. The predicted molar refractivity (Wildman–Crippen MR) is 93.4 cm³/mol. The van der Waals surface area contributed by atoms with E-state index in [-0.39, 0.29) is 18.6 Å². The number of benzene rings is 1. The lowest BCUT2D eigenvalue weighted by molar-refractivity contribution is -0.147. The van der Waals surface area contributed by atoms with Crippen LogP contribution >= 0.6 is 11.3 Å². The Morgan fingerprint density at radius 2 is 1.92 bits per heavy atom. The fraction of sp³-hybridized carbons (Fsp3) is 0.222. The molecule has 1 N–H and O–H groups in total. The maximum atomic E-state index is 11.9. The van der Waals surface area contributed by atoms with E-state index in [1.807, 2.05) is 19.1 Å². The molecule has 1 amide bonds. The van der Waals surface area contributed by atoms with Crippen LogP contribution in [0.4, 0.5) is 5.69 Å². The second kappa shape index (κ2) is 8.76. The molecule has 0 aliphatic carbocycles. The average molecular weight is 356 g/mol. The maximum absolute atomic E-state index is 11.9. The van der Waals surface area contributed by atoms with Crippen LogP contribution in [0, 0.1) is 18.3 Å². The topological polar surface area (TPSA) is 96.3 Å². The molecule has 0 unspecified atom stereocenters. The number of para-hydroxylation sites is 1. The van der Waals surface area contributed by atoms with Crippen LogP contribution in [-0.2, 0) is 14.3 Å². The van der Waals surface area contributed by atoms with E-state index < -0.39 is 18.5 Å². The first-order chi connectivity index (χ1) is 12.0. The highest BCUT2D eigenvalue weighted by atomic mass is 32.1. The van der Waals surface area contributed by atoms with E-state index in [0.29, 0.717) is 16.1 Å². The predicted octanol–water partition coefficient (Wildman–Crippen LogP) is 3.07. The van der Waals surface area contributed by atoms with Crippen molar-refractivity contribution >= 4 is 34.7 Å². The average Bonchev–Trinajstić information content (AvgIpc) is 3.05. The lowest BCUT2D eigenvalue weighted by Gasteiger charge is -2.07. The van der Waals surface area contributed by atoms with Gasteiger partial charge in [-0.25, -0.2) is 0 Å². The number of Topliss-reactive ketones (excluding diaryl/α,β-unsaturated/α-hetero) is 1. The number of amides is 1. The van der Waals surface area contributed by atoms with E-state index in [0.717, 1.165) is 4.88 Å². The maximum Gasteiger partial charge on any atom is 0.306 e. The van der Waals surface area contributed by atoms with E-state index in [9.17, 15) is 14.4 Å². The number of anilines is 1. The standard InChI is InChI=1S/C18H16N2O4S/c1-12-6-8-16(25-12)15(21)7-9-18(23)24-11-17(22)20-14-5-3-2-4-13(14)10-19/h2-6,8H,7,9,11H2,1H3,(H,20,22). The van der Waals surface area contributed by atoms with E-state index in [4.69, 9.17) is 10.00 Å². The normalized spacial score (nSPS) is 9.92. The number of nitriles is 1. The molecule has 2 aromatic rings. The summed E-state index contributed by atoms with van der Waals surface area (Å²) in [6.07, 6.45) is -0.0461. The third kappa shape index (κ3) is 5.55. The van der Waals surface area contributed by atoms with Crippen LogP contribution in [0.1, 0.15) is 33.0 Å². The Bertz CT molecular complexity index is 836. The van der Waals surface area contributed by atoms with Crippen LogP contribution in [0.5, 0.6) is 0 Å². The van der Waals surface area contributed by atoms with Crippen molar-refractivity contribution in [1.29, 1.82) is 5.26 Å². The summed E-state index contributed by atoms with van der Waals surface area (Å²) in [5.41, 5.74) is 0.674. The molecule has 0 aliphatic heterocycles. The van der Waals surface area contributed by atoms with Gasteiger partial charge >= 0.3 is 5.97 Å². The van der Waals surface area contributed by atoms with Gasteiger partial charge in [-0.3, -0.25) is 14.4 Å². The quantitative estimate of drug-likeness (QED) is 0.607. The zero-order valence-corrected chi connectivity index (χ0v) is 14.4. The van der Waals surface area contributed by atoms with Gasteiger partial charge in [-0.05, 0) is 31.2 Å². The summed E-state index contributed by atoms with van der Waals surface area (Å²) in [4.78, 5) is 37.0. The Balaban J connectivity index is 1.75. The van der Waals surface area contributed by atoms with Crippen LogP contribution in [0.15, 0.2) is 36.4 Å². The molecule has 1 aromatic carbocycles. The minimum atomic E-state index is -0.620. The number of hydrogen-bond acceptors (Lipinski definition) is 6. The van der Waals surface area contributed by atoms with E-state index in [1.165, 1.54) is 11.3 Å². The van der Waals surface area contributed by atoms with Crippen molar-refractivity contribution in [1.82, 2.24) is 0 Å². The van der Waals surface area contributed by atoms with E-state index in [1.54, 1.807) is 30.3 Å². The summed E-state index contributed by atoms with van der Waals surface area (Å²) < 4.78 is 4.86. The Labute approximate surface area is 149 Å². The molecule has 0 aliphatic rings. The Kier molecular flexibility index (Phi) is 6.43. The Morgan fingerprint density at radius 1 is 1.16 bits per heavy atom. The first-order valence-electron chi connectivity index (χ1n) is 7.54. The summed E-state index contributed by atoms with van der Waals surface area (Å²) in [6, 6.07) is 12.0. The summed E-state index contributed by atoms with van der Waals surface area (Å²) >= 11 is 1.38. The largest absolute Gasteiger partial charge is 0.456 e. The molecule has 7 heteroatoms. The number of esters is 1. The van der Waals surface area contributed by atoms with Crippen molar-refractivity contribution in [2.45, 2.75) is 19.8 Å². The van der Waals surface area contributed by atoms with Gasteiger partial charge in [-0.15, -0.1) is 11.3 Å². The number of nitrogens with one attached hydrogen (secondary N) is 1. The second-order valence-corrected chi connectivity index (χ2v) is 6.49. The molecular weight excluding hydrogens is 340 g/mol. The molecule has 0 atom stereocenters. The monoisotopic (exact) mass is 356 g/mol. The Morgan fingerprint density at radius 3 is 2.60 bits per heavy atom. The summed E-state index contributed by atoms with van der Waals surface area (Å²) in [7, 11) is 0. The summed E-state index contributed by atoms with van der Waals surface area (Å²) in [6.45, 7) is 1.43. The molecule has 128 valence electrons. The molecule has 0 spiro atoms. The van der Waals surface area contributed by atoms with Crippen molar-refractivity contribution in [3.8, 4) is 6.07 Å². The summed E-state index contributed by atoms with van der Waals surface area (Å²) in [5, 5.41) is 11.5. The molecule has 0 fully saturated rings. The van der Waals surface area contributed by atoms with Crippen LogP contribution in [0.25, 0.3) is 0 Å². The van der Waals surface area contributed by atoms with Crippen molar-refractivity contribution in [2.75, 3.05) is 11.9 Å². The highest BCUT2D eigenvalue weighted by Gasteiger charge is 2.13. The number of nitrogens with zero attached hydrogens (tertiary/aromatic N) is 1. The third-order valence-corrected chi connectivity index (χ3v) is 4.30. The van der Waals surface area contributed by atoms with Crippen molar-refractivity contribution < 1.29 is 19.1 Å². The molecule has 0 saturated carbocycles. The van der Waals surface area contributed by atoms with Gasteiger partial charge in [0, 0.05) is 11.3 Å². The zero-order chi connectivity index (χ0) is 18.2. The van der Waals surface area contributed by atoms with E-state index in [2.05, 4.69) is 5.32 Å². The summed E-state index contributed by atoms with van der Waals surface area (Å²) in [5.74, 6) is -1.29. The van der Waals surface area contributed by atoms with Gasteiger partial charge in [-0.2, -0.15) is 5.26 Å². The van der Waals surface area contributed by atoms with Gasteiger partial charge in [0.05, 0.1) is 22.5 Å². The van der Waals surface area contributed by atoms with Crippen LogP contribution in [-0.4, -0.2) is 24.3 Å².